The van der Waals surface area contributed by atoms with E-state index in [0.717, 1.165) is 44.8 Å². The third kappa shape index (κ3) is 1.63. The van der Waals surface area contributed by atoms with Crippen LogP contribution >= 0.6 is 0 Å². The van der Waals surface area contributed by atoms with E-state index in [1.807, 2.05) is 24.3 Å². The first-order valence-electron chi connectivity index (χ1n) is 7.33. The van der Waals surface area contributed by atoms with Gasteiger partial charge in [-0.2, -0.15) is 4.57 Å². The Labute approximate surface area is 130 Å². The van der Waals surface area contributed by atoms with Crippen LogP contribution in [-0.4, -0.2) is 22.4 Å². The molecule has 1 aliphatic heterocycles. The average molecular weight is 305 g/mol. The Kier molecular flexibility index (Phi) is 2.42. The van der Waals surface area contributed by atoms with Crippen LogP contribution in [0.2, 0.25) is 0 Å². The van der Waals surface area contributed by atoms with Gasteiger partial charge >= 0.3 is 7.32 Å². The van der Waals surface area contributed by atoms with E-state index in [-0.39, 0.29) is 0 Å². The number of nitrogens with zero attached hydrogens (tertiary/aromatic N) is 3. The van der Waals surface area contributed by atoms with Crippen molar-refractivity contribution >= 4 is 40.0 Å². The van der Waals surface area contributed by atoms with Crippen LogP contribution in [0, 0.1) is 0 Å². The number of fused-ring (bicyclic) bond motifs is 3. The normalized spacial score (nSPS) is 12.6. The van der Waals surface area contributed by atoms with E-state index in [2.05, 4.69) is 21.8 Å². The predicted molar refractivity (Wildman–Crippen MR) is 83.0 cm³/mol. The van der Waals surface area contributed by atoms with Gasteiger partial charge in [0.15, 0.2) is 12.7 Å². The molecule has 4 aromatic rings. The molecule has 6 nitrogen and oxygen atoms in total. The van der Waals surface area contributed by atoms with Gasteiger partial charge in [0.25, 0.3) is 5.52 Å². The van der Waals surface area contributed by atoms with Crippen molar-refractivity contribution in [3.63, 3.8) is 0 Å². The third-order valence-electron chi connectivity index (χ3n) is 4.37. The van der Waals surface area contributed by atoms with Crippen LogP contribution in [0.3, 0.4) is 0 Å². The zero-order chi connectivity index (χ0) is 15.6. The molecule has 4 heterocycles. The minimum atomic E-state index is -1.90. The molecule has 1 aromatic carbocycles. The summed E-state index contributed by atoms with van der Waals surface area (Å²) < 4.78 is 8.72. The second-order valence-corrected chi connectivity index (χ2v) is 5.62. The summed E-state index contributed by atoms with van der Waals surface area (Å²) in [6, 6.07) is 9.98. The molecule has 0 bridgehead atoms. The van der Waals surface area contributed by atoms with Gasteiger partial charge in [-0.3, -0.25) is 4.76 Å². The molecular weight excluding hydrogens is 293 g/mol. The quantitative estimate of drug-likeness (QED) is 0.271. The summed E-state index contributed by atoms with van der Waals surface area (Å²) in [5.41, 5.74) is 3.80. The van der Waals surface area contributed by atoms with E-state index in [1.54, 1.807) is 12.4 Å². The Morgan fingerprint density at radius 3 is 2.78 bits per heavy atom. The van der Waals surface area contributed by atoms with Gasteiger partial charge in [-0.25, -0.2) is 4.98 Å². The van der Waals surface area contributed by atoms with E-state index in [0.29, 0.717) is 0 Å². The zero-order valence-corrected chi connectivity index (χ0v) is 12.0. The van der Waals surface area contributed by atoms with Crippen LogP contribution in [0.4, 0.5) is 0 Å². The summed E-state index contributed by atoms with van der Waals surface area (Å²) in [7, 11) is -1.90. The van der Waals surface area contributed by atoms with Gasteiger partial charge in [-0.05, 0) is 12.1 Å². The molecular formula is C16H12BN3O3+2. The predicted octanol–water partition coefficient (Wildman–Crippen LogP) is -0.124. The SMILES string of the molecule is OB(O)O[n+]1ccc2c3c4c(ccc[n+]4C2)c2cccnc2c31. The van der Waals surface area contributed by atoms with Gasteiger partial charge in [-0.15, -0.1) is 0 Å². The first-order chi connectivity index (χ1) is 11.2. The number of benzene rings is 1. The molecule has 23 heavy (non-hydrogen) atoms. The van der Waals surface area contributed by atoms with E-state index < -0.39 is 7.32 Å². The number of hydrogen-bond acceptors (Lipinski definition) is 4. The van der Waals surface area contributed by atoms with Crippen molar-refractivity contribution in [2.75, 3.05) is 0 Å². The molecule has 3 aromatic heterocycles. The zero-order valence-electron chi connectivity index (χ0n) is 12.0. The highest BCUT2D eigenvalue weighted by Crippen LogP contribution is 2.34. The summed E-state index contributed by atoms with van der Waals surface area (Å²) in [6.45, 7) is 0.780. The summed E-state index contributed by atoms with van der Waals surface area (Å²) in [4.78, 5) is 4.52. The van der Waals surface area contributed by atoms with Crippen molar-refractivity contribution in [1.82, 2.24) is 4.98 Å². The van der Waals surface area contributed by atoms with Crippen molar-refractivity contribution in [2.24, 2.45) is 0 Å². The average Bonchev–Trinajstić information content (AvgIpc) is 2.93. The lowest BCUT2D eigenvalue weighted by atomic mass is 10.0. The second kappa shape index (κ2) is 4.38. The van der Waals surface area contributed by atoms with Gasteiger partial charge in [0.1, 0.15) is 10.9 Å². The van der Waals surface area contributed by atoms with Crippen molar-refractivity contribution in [3.8, 4) is 0 Å². The lowest BCUT2D eigenvalue weighted by Gasteiger charge is -2.04. The highest BCUT2D eigenvalue weighted by molar-refractivity contribution is 6.32. The van der Waals surface area contributed by atoms with Crippen LogP contribution in [0.1, 0.15) is 5.56 Å². The molecule has 7 heteroatoms. The molecule has 1 aliphatic rings. The van der Waals surface area contributed by atoms with Crippen LogP contribution in [-0.2, 0) is 6.54 Å². The second-order valence-electron chi connectivity index (χ2n) is 5.62. The highest BCUT2D eigenvalue weighted by Gasteiger charge is 2.34. The molecule has 0 saturated heterocycles. The number of pyridine rings is 3. The van der Waals surface area contributed by atoms with Crippen LogP contribution < -0.4 is 14.1 Å². The Morgan fingerprint density at radius 2 is 1.91 bits per heavy atom. The standard InChI is InChI=1S/C16H12BN3O3/c21-17(22)23-20-8-5-10-9-19-7-2-4-12-11-3-1-6-18-14(11)16(20)13(10)15(12)19/h1-8,21-22H,9H2/q+2. The first-order valence-corrected chi connectivity index (χ1v) is 7.33. The van der Waals surface area contributed by atoms with E-state index >= 15 is 0 Å². The molecule has 2 N–H and O–H groups in total. The maximum absolute atomic E-state index is 9.22. The fraction of sp³-hybridized carbons (Fsp3) is 0.0625. The Bertz CT molecular complexity index is 1110. The van der Waals surface area contributed by atoms with Gasteiger partial charge < -0.3 is 10.0 Å². The maximum atomic E-state index is 9.22. The Balaban J connectivity index is 2.09. The molecule has 0 saturated carbocycles. The van der Waals surface area contributed by atoms with Crippen LogP contribution in [0.5, 0.6) is 0 Å². The Hall–Kier alpha value is -2.77. The van der Waals surface area contributed by atoms with Crippen LogP contribution in [0.25, 0.3) is 32.7 Å². The van der Waals surface area contributed by atoms with Gasteiger partial charge in [0.2, 0.25) is 11.7 Å². The van der Waals surface area contributed by atoms with Crippen LogP contribution in [0.15, 0.2) is 48.9 Å². The molecule has 110 valence electrons. The van der Waals surface area contributed by atoms with E-state index in [1.165, 1.54) is 4.73 Å². The van der Waals surface area contributed by atoms with Crippen molar-refractivity contribution in [2.45, 2.75) is 6.54 Å². The van der Waals surface area contributed by atoms with E-state index in [9.17, 15) is 10.0 Å². The smallest absolute Gasteiger partial charge is 0.387 e. The molecule has 0 fully saturated rings. The molecule has 0 unspecified atom stereocenters. The summed E-state index contributed by atoms with van der Waals surface area (Å²) >= 11 is 0. The largest absolute Gasteiger partial charge is 0.771 e. The number of rotatable bonds is 2. The first kappa shape index (κ1) is 12.7. The minimum Gasteiger partial charge on any atom is -0.387 e. The summed E-state index contributed by atoms with van der Waals surface area (Å²) in [5, 5.41) is 21.6. The maximum Gasteiger partial charge on any atom is 0.771 e. The Morgan fingerprint density at radius 1 is 1.04 bits per heavy atom. The molecule has 0 aliphatic carbocycles. The lowest BCUT2D eigenvalue weighted by molar-refractivity contribution is -0.844. The third-order valence-corrected chi connectivity index (χ3v) is 4.37. The molecule has 0 radical (unpaired) electrons. The summed E-state index contributed by atoms with van der Waals surface area (Å²) in [5.74, 6) is 0. The molecule has 0 atom stereocenters. The number of hydrogen-bond donors (Lipinski definition) is 2. The van der Waals surface area contributed by atoms with Crippen molar-refractivity contribution < 1.29 is 24.1 Å². The summed E-state index contributed by atoms with van der Waals surface area (Å²) in [6.07, 6.45) is 5.48. The number of aromatic nitrogens is 3. The van der Waals surface area contributed by atoms with Crippen molar-refractivity contribution in [3.05, 3.63) is 54.5 Å². The lowest BCUT2D eigenvalue weighted by Crippen LogP contribution is -2.50. The van der Waals surface area contributed by atoms with Crippen molar-refractivity contribution in [1.29, 1.82) is 0 Å². The van der Waals surface area contributed by atoms with Gasteiger partial charge in [-0.1, -0.05) is 6.07 Å². The topological polar surface area (TPSA) is 70.3 Å². The molecule has 0 amide bonds. The monoisotopic (exact) mass is 305 g/mol. The molecule has 0 spiro atoms. The minimum absolute atomic E-state index is 0.746. The fourth-order valence-corrected chi connectivity index (χ4v) is 3.56. The molecule has 5 rings (SSSR count). The fourth-order valence-electron chi connectivity index (χ4n) is 3.56. The highest BCUT2D eigenvalue weighted by atomic mass is 16.7. The van der Waals surface area contributed by atoms with Gasteiger partial charge in [0.05, 0.1) is 5.39 Å². The van der Waals surface area contributed by atoms with Gasteiger partial charge in [0, 0.05) is 34.0 Å². The van der Waals surface area contributed by atoms with E-state index in [4.69, 9.17) is 4.76 Å².